The molecule has 0 fully saturated rings. The molecule has 202 valence electrons. The Kier molecular flexibility index (Phi) is 9.94. The number of nitrogens with zero attached hydrogens (tertiary/aromatic N) is 2. The summed E-state index contributed by atoms with van der Waals surface area (Å²) in [5.74, 6) is -0.793. The minimum absolute atomic E-state index is 0.00929. The quantitative estimate of drug-likeness (QED) is 0.357. The van der Waals surface area contributed by atoms with Gasteiger partial charge >= 0.3 is 0 Å². The van der Waals surface area contributed by atoms with E-state index in [1.165, 1.54) is 29.2 Å². The van der Waals surface area contributed by atoms with E-state index in [-0.39, 0.29) is 17.3 Å². The maximum absolute atomic E-state index is 13.9. The summed E-state index contributed by atoms with van der Waals surface area (Å²) in [4.78, 5) is 28.2. The largest absolute Gasteiger partial charge is 0.354 e. The summed E-state index contributed by atoms with van der Waals surface area (Å²) in [5, 5.41) is 3.24. The van der Waals surface area contributed by atoms with Gasteiger partial charge in [0.2, 0.25) is 11.8 Å². The van der Waals surface area contributed by atoms with Gasteiger partial charge in [-0.25, -0.2) is 8.42 Å². The highest BCUT2D eigenvalue weighted by atomic mass is 35.5. The van der Waals surface area contributed by atoms with Crippen LogP contribution in [-0.4, -0.2) is 44.3 Å². The average Bonchev–Trinajstić information content (AvgIpc) is 2.89. The van der Waals surface area contributed by atoms with Crippen molar-refractivity contribution in [2.75, 3.05) is 17.4 Å². The van der Waals surface area contributed by atoms with E-state index in [1.54, 1.807) is 25.1 Å². The highest BCUT2D eigenvalue weighted by molar-refractivity contribution is 7.92. The number of amides is 2. The molecule has 1 N–H and O–H groups in total. The maximum atomic E-state index is 13.9. The SMILES string of the molecule is CCCNC(=O)[C@H](C)N(Cc1ccc(C)cc1)C(=O)CN(c1cccc(C)c1)S(=O)(=O)c1ccc(Cl)cc1. The monoisotopic (exact) mass is 555 g/mol. The molecule has 38 heavy (non-hydrogen) atoms. The second-order valence-corrected chi connectivity index (χ2v) is 11.6. The summed E-state index contributed by atoms with van der Waals surface area (Å²) in [6.45, 7) is 7.57. The van der Waals surface area contributed by atoms with Crippen LogP contribution in [0.5, 0.6) is 0 Å². The normalized spacial score (nSPS) is 12.0. The van der Waals surface area contributed by atoms with Gasteiger partial charge in [0.25, 0.3) is 10.0 Å². The number of aryl methyl sites for hydroxylation is 2. The minimum Gasteiger partial charge on any atom is -0.354 e. The van der Waals surface area contributed by atoms with Gasteiger partial charge in [-0.3, -0.25) is 13.9 Å². The Bertz CT molecular complexity index is 1360. The van der Waals surface area contributed by atoms with Gasteiger partial charge in [-0.05, 0) is 74.7 Å². The fourth-order valence-electron chi connectivity index (χ4n) is 3.91. The molecule has 0 radical (unpaired) electrons. The molecular weight excluding hydrogens is 522 g/mol. The molecule has 0 aliphatic heterocycles. The van der Waals surface area contributed by atoms with Crippen LogP contribution in [-0.2, 0) is 26.2 Å². The van der Waals surface area contributed by atoms with Crippen molar-refractivity contribution < 1.29 is 18.0 Å². The summed E-state index contributed by atoms with van der Waals surface area (Å²) in [6, 6.07) is 19.6. The molecular formula is C29H34ClN3O4S. The van der Waals surface area contributed by atoms with Gasteiger partial charge < -0.3 is 10.2 Å². The lowest BCUT2D eigenvalue weighted by atomic mass is 10.1. The summed E-state index contributed by atoms with van der Waals surface area (Å²) in [7, 11) is -4.13. The lowest BCUT2D eigenvalue weighted by Crippen LogP contribution is -2.51. The van der Waals surface area contributed by atoms with E-state index in [1.807, 2.05) is 51.1 Å². The highest BCUT2D eigenvalue weighted by Gasteiger charge is 2.32. The Morgan fingerprint density at radius 3 is 2.21 bits per heavy atom. The van der Waals surface area contributed by atoms with Crippen molar-refractivity contribution in [3.63, 3.8) is 0 Å². The summed E-state index contributed by atoms with van der Waals surface area (Å²) in [5.41, 5.74) is 3.10. The van der Waals surface area contributed by atoms with Crippen molar-refractivity contribution in [2.24, 2.45) is 0 Å². The zero-order valence-corrected chi connectivity index (χ0v) is 23.7. The van der Waals surface area contributed by atoms with Crippen molar-refractivity contribution in [1.29, 1.82) is 0 Å². The van der Waals surface area contributed by atoms with Gasteiger partial charge in [0.1, 0.15) is 12.6 Å². The molecule has 0 aromatic heterocycles. The van der Waals surface area contributed by atoms with Crippen LogP contribution < -0.4 is 9.62 Å². The van der Waals surface area contributed by atoms with Crippen LogP contribution in [0.3, 0.4) is 0 Å². The zero-order valence-electron chi connectivity index (χ0n) is 22.1. The standard InChI is InChI=1S/C29H34ClN3O4S/c1-5-17-31-29(35)23(4)32(19-24-11-9-21(2)10-12-24)28(34)20-33(26-8-6-7-22(3)18-26)38(36,37)27-15-13-25(30)14-16-27/h6-16,18,23H,5,17,19-20H2,1-4H3,(H,31,35)/t23-/m0/s1. The van der Waals surface area contributed by atoms with E-state index in [4.69, 9.17) is 11.6 Å². The summed E-state index contributed by atoms with van der Waals surface area (Å²) < 4.78 is 28.7. The average molecular weight is 556 g/mol. The van der Waals surface area contributed by atoms with Crippen LogP contribution in [0.4, 0.5) is 5.69 Å². The number of halogens is 1. The first-order chi connectivity index (χ1) is 18.0. The number of carbonyl (C=O) groups is 2. The number of anilines is 1. The van der Waals surface area contributed by atoms with Crippen molar-refractivity contribution >= 4 is 39.1 Å². The first-order valence-corrected chi connectivity index (χ1v) is 14.3. The summed E-state index contributed by atoms with van der Waals surface area (Å²) >= 11 is 5.99. The molecule has 0 saturated carbocycles. The van der Waals surface area contributed by atoms with E-state index in [0.717, 1.165) is 27.4 Å². The Balaban J connectivity index is 2.01. The van der Waals surface area contributed by atoms with Crippen molar-refractivity contribution in [2.45, 2.75) is 51.6 Å². The predicted molar refractivity (Wildman–Crippen MR) is 152 cm³/mol. The number of rotatable bonds is 11. The van der Waals surface area contributed by atoms with Gasteiger partial charge in [-0.1, -0.05) is 60.5 Å². The third-order valence-corrected chi connectivity index (χ3v) is 8.20. The molecule has 3 rings (SSSR count). The number of hydrogen-bond acceptors (Lipinski definition) is 4. The Morgan fingerprint density at radius 2 is 1.61 bits per heavy atom. The van der Waals surface area contributed by atoms with E-state index in [9.17, 15) is 18.0 Å². The molecule has 7 nitrogen and oxygen atoms in total. The van der Waals surface area contributed by atoms with E-state index >= 15 is 0 Å². The van der Waals surface area contributed by atoms with Gasteiger partial charge in [0.15, 0.2) is 0 Å². The molecule has 3 aromatic rings. The molecule has 0 spiro atoms. The Labute approximate surface area is 230 Å². The smallest absolute Gasteiger partial charge is 0.264 e. The first-order valence-electron chi connectivity index (χ1n) is 12.5. The first kappa shape index (κ1) is 29.2. The van der Waals surface area contributed by atoms with Crippen molar-refractivity contribution in [1.82, 2.24) is 10.2 Å². The van der Waals surface area contributed by atoms with Crippen LogP contribution >= 0.6 is 11.6 Å². The molecule has 3 aromatic carbocycles. The molecule has 2 amide bonds. The molecule has 0 aliphatic carbocycles. The van der Waals surface area contributed by atoms with Crippen LogP contribution in [0.2, 0.25) is 5.02 Å². The van der Waals surface area contributed by atoms with Gasteiger partial charge in [0.05, 0.1) is 10.6 Å². The van der Waals surface area contributed by atoms with Crippen LogP contribution in [0, 0.1) is 13.8 Å². The number of benzene rings is 3. The second kappa shape index (κ2) is 12.9. The predicted octanol–water partition coefficient (Wildman–Crippen LogP) is 5.10. The molecule has 0 saturated heterocycles. The fourth-order valence-corrected chi connectivity index (χ4v) is 5.45. The van der Waals surface area contributed by atoms with E-state index in [0.29, 0.717) is 17.3 Å². The van der Waals surface area contributed by atoms with Crippen LogP contribution in [0.1, 0.15) is 37.0 Å². The fraction of sp³-hybridized carbons (Fsp3) is 0.310. The van der Waals surface area contributed by atoms with Crippen LogP contribution in [0.15, 0.2) is 77.7 Å². The van der Waals surface area contributed by atoms with Crippen LogP contribution in [0.25, 0.3) is 0 Å². The number of sulfonamides is 1. The summed E-state index contributed by atoms with van der Waals surface area (Å²) in [6.07, 6.45) is 0.755. The van der Waals surface area contributed by atoms with Gasteiger partial charge in [-0.15, -0.1) is 0 Å². The third kappa shape index (κ3) is 7.36. The van der Waals surface area contributed by atoms with Crippen molar-refractivity contribution in [3.05, 3.63) is 94.5 Å². The second-order valence-electron chi connectivity index (χ2n) is 9.28. The number of nitrogens with one attached hydrogen (secondary N) is 1. The topological polar surface area (TPSA) is 86.8 Å². The third-order valence-electron chi connectivity index (χ3n) is 6.16. The molecule has 9 heteroatoms. The lowest BCUT2D eigenvalue weighted by molar-refractivity contribution is -0.139. The number of carbonyl (C=O) groups excluding carboxylic acids is 2. The molecule has 1 atom stereocenters. The lowest BCUT2D eigenvalue weighted by Gasteiger charge is -2.32. The van der Waals surface area contributed by atoms with E-state index < -0.39 is 28.5 Å². The zero-order chi connectivity index (χ0) is 27.9. The molecule has 0 bridgehead atoms. The van der Waals surface area contributed by atoms with E-state index in [2.05, 4.69) is 5.32 Å². The molecule has 0 aliphatic rings. The molecule has 0 heterocycles. The van der Waals surface area contributed by atoms with Gasteiger partial charge in [0, 0.05) is 18.1 Å². The highest BCUT2D eigenvalue weighted by Crippen LogP contribution is 2.26. The minimum atomic E-state index is -4.13. The Morgan fingerprint density at radius 1 is 0.947 bits per heavy atom. The molecule has 0 unspecified atom stereocenters. The maximum Gasteiger partial charge on any atom is 0.264 e. The van der Waals surface area contributed by atoms with Gasteiger partial charge in [-0.2, -0.15) is 0 Å². The van der Waals surface area contributed by atoms with Crippen molar-refractivity contribution in [3.8, 4) is 0 Å². The number of hydrogen-bond donors (Lipinski definition) is 1. The Hall–Kier alpha value is -3.36.